The van der Waals surface area contributed by atoms with Crippen molar-refractivity contribution in [1.82, 2.24) is 5.32 Å². The minimum atomic E-state index is 0.0147. The van der Waals surface area contributed by atoms with Gasteiger partial charge >= 0.3 is 0 Å². The third-order valence-electron chi connectivity index (χ3n) is 3.09. The van der Waals surface area contributed by atoms with Crippen molar-refractivity contribution in [3.8, 4) is 0 Å². The molecule has 1 nitrogen and oxygen atoms in total. The lowest BCUT2D eigenvalue weighted by molar-refractivity contribution is 0.448. The maximum Gasteiger partial charge on any atom is 0.0381 e. The minimum Gasteiger partial charge on any atom is -0.311 e. The lowest BCUT2D eigenvalue weighted by atomic mass is 9.90. The average Bonchev–Trinajstić information content (AvgIpc) is 2.28. The van der Waals surface area contributed by atoms with Gasteiger partial charge in [0.25, 0.3) is 0 Å². The van der Waals surface area contributed by atoms with Crippen LogP contribution in [-0.2, 0) is 5.54 Å². The van der Waals surface area contributed by atoms with Gasteiger partial charge in [-0.25, -0.2) is 0 Å². The quantitative estimate of drug-likeness (QED) is 0.782. The van der Waals surface area contributed by atoms with E-state index in [4.69, 9.17) is 0 Å². The van der Waals surface area contributed by atoms with Gasteiger partial charge in [0.15, 0.2) is 0 Å². The van der Waals surface area contributed by atoms with Crippen molar-refractivity contribution >= 4 is 10.8 Å². The van der Waals surface area contributed by atoms with E-state index in [0.29, 0.717) is 0 Å². The third kappa shape index (κ3) is 1.75. The number of rotatable bonds is 2. The molecule has 0 aliphatic rings. The molecule has 0 radical (unpaired) electrons. The normalized spacial score (nSPS) is 11.9. The van der Waals surface area contributed by atoms with Crippen LogP contribution in [0.4, 0.5) is 0 Å². The first kappa shape index (κ1) is 10.2. The van der Waals surface area contributed by atoms with Crippen molar-refractivity contribution in [2.24, 2.45) is 0 Å². The Hall–Kier alpha value is -1.34. The summed E-state index contributed by atoms with van der Waals surface area (Å²) in [6.07, 6.45) is 0. The summed E-state index contributed by atoms with van der Waals surface area (Å²) in [5.41, 5.74) is 1.36. The van der Waals surface area contributed by atoms with Gasteiger partial charge < -0.3 is 5.32 Å². The van der Waals surface area contributed by atoms with Crippen molar-refractivity contribution in [1.29, 1.82) is 0 Å². The predicted molar refractivity (Wildman–Crippen MR) is 66.0 cm³/mol. The van der Waals surface area contributed by atoms with Crippen molar-refractivity contribution < 1.29 is 0 Å². The Bertz CT molecular complexity index is 466. The van der Waals surface area contributed by atoms with Gasteiger partial charge in [-0.05, 0) is 37.2 Å². The standard InChI is InChI=1S/C14H17N/c1-14(2,15-3)13-10-6-8-11-7-4-5-9-12(11)13/h4-10,15H,1-3H3. The minimum absolute atomic E-state index is 0.0147. The van der Waals surface area contributed by atoms with Gasteiger partial charge in [-0.2, -0.15) is 0 Å². The van der Waals surface area contributed by atoms with E-state index in [0.717, 1.165) is 0 Å². The molecule has 78 valence electrons. The zero-order chi connectivity index (χ0) is 10.9. The molecule has 2 aromatic carbocycles. The molecule has 2 aromatic rings. The Morgan fingerprint density at radius 2 is 1.60 bits per heavy atom. The second-order valence-corrected chi connectivity index (χ2v) is 4.40. The second kappa shape index (κ2) is 3.67. The monoisotopic (exact) mass is 199 g/mol. The molecule has 0 saturated heterocycles. The van der Waals surface area contributed by atoms with E-state index >= 15 is 0 Å². The lowest BCUT2D eigenvalue weighted by Gasteiger charge is -2.26. The molecule has 0 unspecified atom stereocenters. The summed E-state index contributed by atoms with van der Waals surface area (Å²) >= 11 is 0. The zero-order valence-corrected chi connectivity index (χ0v) is 9.54. The number of hydrogen-bond acceptors (Lipinski definition) is 1. The van der Waals surface area contributed by atoms with Gasteiger partial charge in [-0.1, -0.05) is 42.5 Å². The van der Waals surface area contributed by atoms with Crippen LogP contribution < -0.4 is 5.32 Å². The van der Waals surface area contributed by atoms with Crippen LogP contribution in [0.25, 0.3) is 10.8 Å². The van der Waals surface area contributed by atoms with E-state index in [9.17, 15) is 0 Å². The topological polar surface area (TPSA) is 12.0 Å². The summed E-state index contributed by atoms with van der Waals surface area (Å²) in [6.45, 7) is 4.41. The molecule has 0 heterocycles. The fourth-order valence-electron chi connectivity index (χ4n) is 1.91. The largest absolute Gasteiger partial charge is 0.311 e. The van der Waals surface area contributed by atoms with Gasteiger partial charge in [0.05, 0.1) is 0 Å². The molecule has 0 fully saturated rings. The van der Waals surface area contributed by atoms with Crippen LogP contribution in [0.3, 0.4) is 0 Å². The van der Waals surface area contributed by atoms with Gasteiger partial charge in [-0.15, -0.1) is 0 Å². The highest BCUT2D eigenvalue weighted by atomic mass is 14.9. The highest BCUT2D eigenvalue weighted by Gasteiger charge is 2.19. The molecule has 0 saturated carbocycles. The molecule has 0 aliphatic heterocycles. The molecule has 2 rings (SSSR count). The zero-order valence-electron chi connectivity index (χ0n) is 9.54. The maximum atomic E-state index is 3.35. The Balaban J connectivity index is 2.71. The first-order chi connectivity index (χ1) is 7.15. The van der Waals surface area contributed by atoms with Crippen molar-refractivity contribution in [3.05, 3.63) is 48.0 Å². The Morgan fingerprint density at radius 1 is 0.933 bits per heavy atom. The Labute approximate surface area is 91.1 Å². The summed E-state index contributed by atoms with van der Waals surface area (Å²) in [5.74, 6) is 0. The second-order valence-electron chi connectivity index (χ2n) is 4.40. The van der Waals surface area contributed by atoms with Crippen molar-refractivity contribution in [3.63, 3.8) is 0 Å². The fraction of sp³-hybridized carbons (Fsp3) is 0.286. The van der Waals surface area contributed by atoms with E-state index < -0.39 is 0 Å². The molecule has 0 amide bonds. The predicted octanol–water partition coefficient (Wildman–Crippen LogP) is 3.29. The molecular weight excluding hydrogens is 182 g/mol. The highest BCUT2D eigenvalue weighted by Crippen LogP contribution is 2.27. The molecule has 15 heavy (non-hydrogen) atoms. The van der Waals surface area contributed by atoms with Gasteiger partial charge in [0.2, 0.25) is 0 Å². The van der Waals surface area contributed by atoms with Crippen molar-refractivity contribution in [2.45, 2.75) is 19.4 Å². The number of benzene rings is 2. The van der Waals surface area contributed by atoms with Crippen LogP contribution in [0.1, 0.15) is 19.4 Å². The van der Waals surface area contributed by atoms with Gasteiger partial charge in [-0.3, -0.25) is 0 Å². The van der Waals surface area contributed by atoms with E-state index in [1.165, 1.54) is 16.3 Å². The first-order valence-electron chi connectivity index (χ1n) is 5.32. The van der Waals surface area contributed by atoms with E-state index in [2.05, 4.69) is 61.6 Å². The molecule has 0 aliphatic carbocycles. The Kier molecular flexibility index (Phi) is 2.49. The maximum absolute atomic E-state index is 3.35. The average molecular weight is 199 g/mol. The summed E-state index contributed by atoms with van der Waals surface area (Å²) in [6, 6.07) is 15.0. The molecule has 0 aromatic heterocycles. The summed E-state index contributed by atoms with van der Waals surface area (Å²) in [5, 5.41) is 5.99. The summed E-state index contributed by atoms with van der Waals surface area (Å²) in [7, 11) is 2.00. The van der Waals surface area contributed by atoms with Crippen molar-refractivity contribution in [2.75, 3.05) is 7.05 Å². The van der Waals surface area contributed by atoms with E-state index in [-0.39, 0.29) is 5.54 Å². The molecule has 0 atom stereocenters. The summed E-state index contributed by atoms with van der Waals surface area (Å²) in [4.78, 5) is 0. The van der Waals surface area contributed by atoms with Gasteiger partial charge in [0.1, 0.15) is 0 Å². The number of fused-ring (bicyclic) bond motifs is 1. The van der Waals surface area contributed by atoms with Crippen LogP contribution in [0.5, 0.6) is 0 Å². The molecule has 1 N–H and O–H groups in total. The van der Waals surface area contributed by atoms with Crippen LogP contribution in [-0.4, -0.2) is 7.05 Å². The third-order valence-corrected chi connectivity index (χ3v) is 3.09. The number of hydrogen-bond donors (Lipinski definition) is 1. The molecule has 1 heteroatoms. The molecule has 0 spiro atoms. The lowest BCUT2D eigenvalue weighted by Crippen LogP contribution is -2.33. The SMILES string of the molecule is CNC(C)(C)c1cccc2ccccc12. The molecule has 0 bridgehead atoms. The summed E-state index contributed by atoms with van der Waals surface area (Å²) < 4.78 is 0. The number of nitrogens with one attached hydrogen (secondary N) is 1. The van der Waals surface area contributed by atoms with Crippen LogP contribution in [0.15, 0.2) is 42.5 Å². The van der Waals surface area contributed by atoms with E-state index in [1.54, 1.807) is 0 Å². The fourth-order valence-corrected chi connectivity index (χ4v) is 1.91. The van der Waals surface area contributed by atoms with Gasteiger partial charge in [0, 0.05) is 5.54 Å². The highest BCUT2D eigenvalue weighted by molar-refractivity contribution is 5.86. The molecular formula is C14H17N. The van der Waals surface area contributed by atoms with E-state index in [1.807, 2.05) is 7.05 Å². The first-order valence-corrected chi connectivity index (χ1v) is 5.32. The van der Waals surface area contributed by atoms with Crippen LogP contribution >= 0.6 is 0 Å². The van der Waals surface area contributed by atoms with Crippen LogP contribution in [0, 0.1) is 0 Å². The smallest absolute Gasteiger partial charge is 0.0381 e. The van der Waals surface area contributed by atoms with Crippen LogP contribution in [0.2, 0.25) is 0 Å². The Morgan fingerprint density at radius 3 is 2.33 bits per heavy atom.